The maximum absolute atomic E-state index is 13.7. The Morgan fingerprint density at radius 1 is 0.667 bits per heavy atom. The molecule has 0 aliphatic rings. The van der Waals surface area contributed by atoms with Crippen LogP contribution in [0.25, 0.3) is 0 Å². The first-order valence-electron chi connectivity index (χ1n) is 5.81. The molecule has 0 aromatic heterocycles. The van der Waals surface area contributed by atoms with Gasteiger partial charge in [0.1, 0.15) is 34.9 Å². The minimum absolute atomic E-state index is 0.391. The van der Waals surface area contributed by atoms with E-state index in [9.17, 15) is 26.3 Å². The van der Waals surface area contributed by atoms with E-state index in [2.05, 4.69) is 5.32 Å². The number of hydrogen-bond acceptors (Lipinski definition) is 1. The van der Waals surface area contributed by atoms with Gasteiger partial charge in [-0.15, -0.1) is 0 Å². The van der Waals surface area contributed by atoms with Crippen molar-refractivity contribution in [1.29, 1.82) is 0 Å². The lowest BCUT2D eigenvalue weighted by Crippen LogP contribution is -2.23. The summed E-state index contributed by atoms with van der Waals surface area (Å²) in [6.45, 7) is 0. The molecule has 0 bridgehead atoms. The average molecular weight is 305 g/mol. The standard InChI is InChI=1S/C14H9F6N/c1-21-14(12-8(17)2-6(15)3-9(12)18)13-10(19)4-7(16)5-11(13)20/h2-5,14,21H,1H3. The third-order valence-corrected chi connectivity index (χ3v) is 2.95. The van der Waals surface area contributed by atoms with Crippen LogP contribution in [0.15, 0.2) is 24.3 Å². The van der Waals surface area contributed by atoms with E-state index < -0.39 is 52.1 Å². The van der Waals surface area contributed by atoms with Gasteiger partial charge in [0, 0.05) is 35.4 Å². The van der Waals surface area contributed by atoms with E-state index in [0.717, 1.165) is 0 Å². The molecular weight excluding hydrogens is 296 g/mol. The lowest BCUT2D eigenvalue weighted by atomic mass is 9.96. The normalized spacial score (nSPS) is 11.2. The highest BCUT2D eigenvalue weighted by atomic mass is 19.2. The zero-order chi connectivity index (χ0) is 15.7. The van der Waals surface area contributed by atoms with Gasteiger partial charge in [-0.05, 0) is 7.05 Å². The molecule has 0 fully saturated rings. The topological polar surface area (TPSA) is 12.0 Å². The smallest absolute Gasteiger partial charge is 0.134 e. The van der Waals surface area contributed by atoms with Crippen molar-refractivity contribution in [1.82, 2.24) is 5.32 Å². The van der Waals surface area contributed by atoms with Gasteiger partial charge in [-0.1, -0.05) is 0 Å². The van der Waals surface area contributed by atoms with Crippen LogP contribution in [0.4, 0.5) is 26.3 Å². The molecule has 0 unspecified atom stereocenters. The summed E-state index contributed by atoms with van der Waals surface area (Å²) in [5.74, 6) is -7.57. The van der Waals surface area contributed by atoms with Crippen LogP contribution < -0.4 is 5.32 Å². The molecule has 0 radical (unpaired) electrons. The quantitative estimate of drug-likeness (QED) is 0.850. The maximum Gasteiger partial charge on any atom is 0.134 e. The summed E-state index contributed by atoms with van der Waals surface area (Å²) < 4.78 is 80.7. The number of halogens is 6. The summed E-state index contributed by atoms with van der Waals surface area (Å²) in [5.41, 5.74) is -1.52. The zero-order valence-corrected chi connectivity index (χ0v) is 10.7. The van der Waals surface area contributed by atoms with Gasteiger partial charge in [0.05, 0.1) is 6.04 Å². The first-order valence-corrected chi connectivity index (χ1v) is 5.81. The number of hydrogen-bond donors (Lipinski definition) is 1. The first-order chi connectivity index (χ1) is 9.85. The van der Waals surface area contributed by atoms with Crippen LogP contribution in [-0.2, 0) is 0 Å². The molecular formula is C14H9F6N. The third-order valence-electron chi connectivity index (χ3n) is 2.95. The monoisotopic (exact) mass is 305 g/mol. The van der Waals surface area contributed by atoms with E-state index in [4.69, 9.17) is 0 Å². The van der Waals surface area contributed by atoms with Gasteiger partial charge in [0.2, 0.25) is 0 Å². The van der Waals surface area contributed by atoms with Crippen molar-refractivity contribution in [2.24, 2.45) is 0 Å². The lowest BCUT2D eigenvalue weighted by molar-refractivity contribution is 0.468. The first kappa shape index (κ1) is 15.4. The SMILES string of the molecule is CNC(c1c(F)cc(F)cc1F)c1c(F)cc(F)cc1F. The Hall–Kier alpha value is -2.02. The summed E-state index contributed by atoms with van der Waals surface area (Å²) >= 11 is 0. The van der Waals surface area contributed by atoms with E-state index in [0.29, 0.717) is 24.3 Å². The second-order valence-corrected chi connectivity index (χ2v) is 4.29. The van der Waals surface area contributed by atoms with Crippen molar-refractivity contribution in [3.8, 4) is 0 Å². The van der Waals surface area contributed by atoms with Crippen LogP contribution >= 0.6 is 0 Å². The largest absolute Gasteiger partial charge is 0.309 e. The minimum atomic E-state index is -1.58. The molecule has 1 N–H and O–H groups in total. The van der Waals surface area contributed by atoms with E-state index in [-0.39, 0.29) is 0 Å². The van der Waals surface area contributed by atoms with Gasteiger partial charge in [-0.25, -0.2) is 26.3 Å². The molecule has 0 aliphatic heterocycles. The molecule has 7 heteroatoms. The van der Waals surface area contributed by atoms with Gasteiger partial charge < -0.3 is 5.32 Å². The highest BCUT2D eigenvalue weighted by molar-refractivity contribution is 5.36. The average Bonchev–Trinajstić information content (AvgIpc) is 2.34. The van der Waals surface area contributed by atoms with Crippen molar-refractivity contribution < 1.29 is 26.3 Å². The molecule has 0 saturated heterocycles. The van der Waals surface area contributed by atoms with E-state index in [1.165, 1.54) is 7.05 Å². The van der Waals surface area contributed by atoms with Crippen molar-refractivity contribution >= 4 is 0 Å². The summed E-state index contributed by atoms with van der Waals surface area (Å²) in [4.78, 5) is 0. The van der Waals surface area contributed by atoms with E-state index in [1.807, 2.05) is 0 Å². The number of rotatable bonds is 3. The molecule has 112 valence electrons. The van der Waals surface area contributed by atoms with Gasteiger partial charge in [-0.3, -0.25) is 0 Å². The Morgan fingerprint density at radius 3 is 1.19 bits per heavy atom. The van der Waals surface area contributed by atoms with Gasteiger partial charge in [0.15, 0.2) is 0 Å². The Kier molecular flexibility index (Phi) is 4.22. The summed E-state index contributed by atoms with van der Waals surface area (Å²) in [6.07, 6.45) is 0. The maximum atomic E-state index is 13.7. The highest BCUT2D eigenvalue weighted by Crippen LogP contribution is 2.31. The Bertz CT molecular complexity index is 582. The summed E-state index contributed by atoms with van der Waals surface area (Å²) in [6, 6.07) is -0.0138. The molecule has 0 aliphatic carbocycles. The number of benzene rings is 2. The molecule has 21 heavy (non-hydrogen) atoms. The minimum Gasteiger partial charge on any atom is -0.309 e. The fourth-order valence-electron chi connectivity index (χ4n) is 2.09. The molecule has 2 aromatic carbocycles. The highest BCUT2D eigenvalue weighted by Gasteiger charge is 2.27. The van der Waals surface area contributed by atoms with Gasteiger partial charge in [0.25, 0.3) is 0 Å². The fraction of sp³-hybridized carbons (Fsp3) is 0.143. The summed E-state index contributed by atoms with van der Waals surface area (Å²) in [5, 5.41) is 2.33. The van der Waals surface area contributed by atoms with Crippen LogP contribution in [0.1, 0.15) is 17.2 Å². The lowest BCUT2D eigenvalue weighted by Gasteiger charge is -2.20. The molecule has 0 spiro atoms. The van der Waals surface area contributed by atoms with Crippen LogP contribution in [0.3, 0.4) is 0 Å². The second-order valence-electron chi connectivity index (χ2n) is 4.29. The van der Waals surface area contributed by atoms with Crippen molar-refractivity contribution in [3.63, 3.8) is 0 Å². The van der Waals surface area contributed by atoms with E-state index >= 15 is 0 Å². The zero-order valence-electron chi connectivity index (χ0n) is 10.7. The Balaban J connectivity index is 2.66. The molecule has 2 rings (SSSR count). The predicted octanol–water partition coefficient (Wildman–Crippen LogP) is 3.83. The van der Waals surface area contributed by atoms with Crippen LogP contribution in [0, 0.1) is 34.9 Å². The molecule has 1 nitrogen and oxygen atoms in total. The molecule has 0 amide bonds. The third kappa shape index (κ3) is 2.87. The van der Waals surface area contributed by atoms with Gasteiger partial charge >= 0.3 is 0 Å². The van der Waals surface area contributed by atoms with Crippen molar-refractivity contribution in [2.45, 2.75) is 6.04 Å². The molecule has 0 saturated carbocycles. The van der Waals surface area contributed by atoms with Crippen molar-refractivity contribution in [3.05, 3.63) is 70.3 Å². The van der Waals surface area contributed by atoms with Gasteiger partial charge in [-0.2, -0.15) is 0 Å². The number of nitrogens with one attached hydrogen (secondary N) is 1. The van der Waals surface area contributed by atoms with Crippen LogP contribution in [0.2, 0.25) is 0 Å². The molecule has 0 atom stereocenters. The van der Waals surface area contributed by atoms with E-state index in [1.54, 1.807) is 0 Å². The fourth-order valence-corrected chi connectivity index (χ4v) is 2.09. The summed E-state index contributed by atoms with van der Waals surface area (Å²) in [7, 11) is 1.20. The van der Waals surface area contributed by atoms with Crippen LogP contribution in [-0.4, -0.2) is 7.05 Å². The Labute approximate surface area is 116 Å². The van der Waals surface area contributed by atoms with Crippen molar-refractivity contribution in [2.75, 3.05) is 7.05 Å². The molecule has 0 heterocycles. The predicted molar refractivity (Wildman–Crippen MR) is 63.5 cm³/mol. The van der Waals surface area contributed by atoms with Crippen LogP contribution in [0.5, 0.6) is 0 Å². The second kappa shape index (κ2) is 5.77. The Morgan fingerprint density at radius 2 is 0.952 bits per heavy atom. The molecule has 2 aromatic rings.